The van der Waals surface area contributed by atoms with Crippen molar-refractivity contribution in [2.45, 2.75) is 51.3 Å². The minimum absolute atomic E-state index is 0.171. The summed E-state index contributed by atoms with van der Waals surface area (Å²) in [5.74, 6) is -0.750. The van der Waals surface area contributed by atoms with E-state index >= 15 is 0 Å². The Bertz CT molecular complexity index is 779. The smallest absolute Gasteiger partial charge is 0.219 e. The number of H-pyrrole nitrogens is 1. The number of pyridine rings is 1. The SMILES string of the molecule is Cc1[nH]c(C)c(S(=O)(=O)CC(C)C)c(=O)c1S(=O)(=O)CC(C)C. The number of aryl methyl sites for hydroxylation is 2. The fourth-order valence-electron chi connectivity index (χ4n) is 2.63. The molecule has 132 valence electrons. The summed E-state index contributed by atoms with van der Waals surface area (Å²) in [6.45, 7) is 9.86. The molecular formula is C15H25NO5S2. The van der Waals surface area contributed by atoms with Crippen molar-refractivity contribution >= 4 is 19.7 Å². The van der Waals surface area contributed by atoms with E-state index < -0.39 is 34.9 Å². The van der Waals surface area contributed by atoms with Crippen molar-refractivity contribution in [3.63, 3.8) is 0 Å². The maximum absolute atomic E-state index is 12.7. The number of rotatable bonds is 6. The molecule has 1 heterocycles. The number of nitrogens with one attached hydrogen (secondary N) is 1. The Morgan fingerprint density at radius 1 is 0.783 bits per heavy atom. The summed E-state index contributed by atoms with van der Waals surface area (Å²) in [6, 6.07) is 0. The van der Waals surface area contributed by atoms with Gasteiger partial charge in [0, 0.05) is 11.4 Å². The second kappa shape index (κ2) is 6.76. The van der Waals surface area contributed by atoms with E-state index in [9.17, 15) is 21.6 Å². The van der Waals surface area contributed by atoms with Crippen molar-refractivity contribution < 1.29 is 16.8 Å². The maximum Gasteiger partial charge on any atom is 0.219 e. The highest BCUT2D eigenvalue weighted by atomic mass is 32.2. The second-order valence-corrected chi connectivity index (χ2v) is 10.7. The minimum atomic E-state index is -3.86. The molecule has 1 N–H and O–H groups in total. The molecule has 0 fully saturated rings. The zero-order chi connectivity index (χ0) is 18.2. The summed E-state index contributed by atoms with van der Waals surface area (Å²) in [5.41, 5.74) is -0.562. The van der Waals surface area contributed by atoms with Crippen molar-refractivity contribution in [2.24, 2.45) is 11.8 Å². The quantitative estimate of drug-likeness (QED) is 0.831. The third-order valence-electron chi connectivity index (χ3n) is 3.20. The first-order valence-corrected chi connectivity index (χ1v) is 10.8. The molecule has 0 bridgehead atoms. The van der Waals surface area contributed by atoms with Gasteiger partial charge in [0.05, 0.1) is 11.5 Å². The Morgan fingerprint density at radius 2 is 1.09 bits per heavy atom. The molecule has 1 rings (SSSR count). The fourth-order valence-corrected chi connectivity index (χ4v) is 6.59. The Morgan fingerprint density at radius 3 is 1.35 bits per heavy atom. The number of sulfone groups is 2. The normalized spacial score (nSPS) is 13.0. The number of hydrogen-bond donors (Lipinski definition) is 1. The molecule has 8 heteroatoms. The van der Waals surface area contributed by atoms with Crippen LogP contribution in [0, 0.1) is 25.7 Å². The van der Waals surface area contributed by atoms with E-state index in [1.165, 1.54) is 13.8 Å². The molecule has 0 amide bonds. The average molecular weight is 364 g/mol. The van der Waals surface area contributed by atoms with Crippen LogP contribution in [-0.4, -0.2) is 33.3 Å². The van der Waals surface area contributed by atoms with E-state index in [0.717, 1.165) is 0 Å². The van der Waals surface area contributed by atoms with Gasteiger partial charge in [-0.3, -0.25) is 4.79 Å². The van der Waals surface area contributed by atoms with Gasteiger partial charge in [-0.1, -0.05) is 27.7 Å². The largest absolute Gasteiger partial charge is 0.360 e. The van der Waals surface area contributed by atoms with Crippen molar-refractivity contribution in [3.8, 4) is 0 Å². The van der Waals surface area contributed by atoms with Gasteiger partial charge in [0.2, 0.25) is 5.43 Å². The predicted octanol–water partition coefficient (Wildman–Crippen LogP) is 1.85. The fraction of sp³-hybridized carbons (Fsp3) is 0.667. The van der Waals surface area contributed by atoms with E-state index in [4.69, 9.17) is 0 Å². The Kier molecular flexibility index (Phi) is 5.85. The number of aromatic amines is 1. The highest BCUT2D eigenvalue weighted by molar-refractivity contribution is 7.92. The lowest BCUT2D eigenvalue weighted by atomic mass is 10.3. The standard InChI is InChI=1S/C15H25NO5S2/c1-9(2)7-22(18,19)14-11(5)16-12(6)15(13(14)17)23(20,21)8-10(3)4/h9-10H,7-8H2,1-6H3,(H,16,17). The topological polar surface area (TPSA) is 101 Å². The first-order valence-electron chi connectivity index (χ1n) is 7.48. The molecule has 1 aromatic heterocycles. The van der Waals surface area contributed by atoms with Crippen molar-refractivity contribution in [3.05, 3.63) is 21.6 Å². The molecular weight excluding hydrogens is 338 g/mol. The summed E-state index contributed by atoms with van der Waals surface area (Å²) in [5, 5.41) is 0. The second-order valence-electron chi connectivity index (χ2n) is 6.71. The molecule has 0 aliphatic rings. The maximum atomic E-state index is 12.7. The van der Waals surface area contributed by atoms with E-state index in [-0.39, 0.29) is 34.7 Å². The molecule has 1 aromatic rings. The van der Waals surface area contributed by atoms with Gasteiger partial charge < -0.3 is 4.98 Å². The summed E-state index contributed by atoms with van der Waals surface area (Å²) in [7, 11) is -7.71. The van der Waals surface area contributed by atoms with Crippen LogP contribution in [0.2, 0.25) is 0 Å². The van der Waals surface area contributed by atoms with Gasteiger partial charge >= 0.3 is 0 Å². The van der Waals surface area contributed by atoms with Crippen LogP contribution in [0.1, 0.15) is 39.1 Å². The Hall–Kier alpha value is -1.15. The van der Waals surface area contributed by atoms with Gasteiger partial charge in [-0.2, -0.15) is 0 Å². The lowest BCUT2D eigenvalue weighted by molar-refractivity contribution is 0.576. The van der Waals surface area contributed by atoms with Gasteiger partial charge in [-0.15, -0.1) is 0 Å². The van der Waals surface area contributed by atoms with Crippen LogP contribution in [0.15, 0.2) is 14.6 Å². The van der Waals surface area contributed by atoms with Gasteiger partial charge in [-0.25, -0.2) is 16.8 Å². The zero-order valence-corrected chi connectivity index (χ0v) is 16.1. The van der Waals surface area contributed by atoms with Gasteiger partial charge in [0.15, 0.2) is 19.7 Å². The number of aromatic nitrogens is 1. The van der Waals surface area contributed by atoms with Gasteiger partial charge in [0.1, 0.15) is 9.79 Å². The Balaban J connectivity index is 3.74. The lowest BCUT2D eigenvalue weighted by Gasteiger charge is -2.14. The first-order chi connectivity index (χ1) is 10.3. The molecule has 0 aliphatic carbocycles. The van der Waals surface area contributed by atoms with Gasteiger partial charge in [-0.05, 0) is 25.7 Å². The third-order valence-corrected chi connectivity index (χ3v) is 7.63. The highest BCUT2D eigenvalue weighted by Gasteiger charge is 2.30. The van der Waals surface area contributed by atoms with Crippen LogP contribution < -0.4 is 5.43 Å². The van der Waals surface area contributed by atoms with Crippen LogP contribution in [0.4, 0.5) is 0 Å². The van der Waals surface area contributed by atoms with Crippen LogP contribution in [0.5, 0.6) is 0 Å². The number of hydrogen-bond acceptors (Lipinski definition) is 5. The molecule has 0 unspecified atom stereocenters. The summed E-state index contributed by atoms with van der Waals surface area (Å²) in [6.07, 6.45) is 0. The van der Waals surface area contributed by atoms with Gasteiger partial charge in [0.25, 0.3) is 0 Å². The van der Waals surface area contributed by atoms with E-state index in [0.29, 0.717) is 0 Å². The summed E-state index contributed by atoms with van der Waals surface area (Å²) >= 11 is 0. The molecule has 0 spiro atoms. The monoisotopic (exact) mass is 363 g/mol. The molecule has 0 saturated carbocycles. The molecule has 0 saturated heterocycles. The van der Waals surface area contributed by atoms with E-state index in [1.54, 1.807) is 27.7 Å². The van der Waals surface area contributed by atoms with Crippen LogP contribution in [0.3, 0.4) is 0 Å². The first kappa shape index (κ1) is 19.9. The van der Waals surface area contributed by atoms with Crippen LogP contribution >= 0.6 is 0 Å². The minimum Gasteiger partial charge on any atom is -0.360 e. The van der Waals surface area contributed by atoms with Crippen LogP contribution in [0.25, 0.3) is 0 Å². The summed E-state index contributed by atoms with van der Waals surface area (Å²) < 4.78 is 49.9. The third kappa shape index (κ3) is 4.44. The van der Waals surface area contributed by atoms with Crippen molar-refractivity contribution in [1.29, 1.82) is 0 Å². The molecule has 23 heavy (non-hydrogen) atoms. The van der Waals surface area contributed by atoms with Crippen molar-refractivity contribution in [1.82, 2.24) is 4.98 Å². The summed E-state index contributed by atoms with van der Waals surface area (Å²) in [4.78, 5) is 14.6. The highest BCUT2D eigenvalue weighted by Crippen LogP contribution is 2.20. The molecule has 0 atom stereocenters. The van der Waals surface area contributed by atoms with E-state index in [2.05, 4.69) is 4.98 Å². The van der Waals surface area contributed by atoms with Crippen molar-refractivity contribution in [2.75, 3.05) is 11.5 Å². The molecule has 6 nitrogen and oxygen atoms in total. The Labute approximate surface area is 138 Å². The van der Waals surface area contributed by atoms with Crippen LogP contribution in [-0.2, 0) is 19.7 Å². The molecule has 0 radical (unpaired) electrons. The zero-order valence-electron chi connectivity index (χ0n) is 14.4. The lowest BCUT2D eigenvalue weighted by Crippen LogP contribution is -2.29. The van der Waals surface area contributed by atoms with E-state index in [1.807, 2.05) is 0 Å². The molecule has 0 aliphatic heterocycles. The predicted molar refractivity (Wildman–Crippen MR) is 90.3 cm³/mol. The molecule has 0 aromatic carbocycles. The average Bonchev–Trinajstić information content (AvgIpc) is 2.21.